The highest BCUT2D eigenvalue weighted by atomic mass is 16.7. The van der Waals surface area contributed by atoms with Crippen LogP contribution in [0.5, 0.6) is 0 Å². The second kappa shape index (κ2) is 2.83. The number of ether oxygens (including phenoxy) is 2. The molecule has 0 bridgehead atoms. The predicted molar refractivity (Wildman–Crippen MR) is 56.0 cm³/mol. The van der Waals surface area contributed by atoms with Crippen LogP contribution in [0.2, 0.25) is 0 Å². The van der Waals surface area contributed by atoms with Crippen molar-refractivity contribution in [2.45, 2.75) is 59.0 Å². The zero-order valence-electron chi connectivity index (χ0n) is 9.76. The first-order chi connectivity index (χ1) is 6.29. The molecule has 2 heteroatoms. The van der Waals surface area contributed by atoms with Gasteiger partial charge in [-0.05, 0) is 38.2 Å². The molecule has 0 amide bonds. The Kier molecular flexibility index (Phi) is 2.06. The lowest BCUT2D eigenvalue weighted by atomic mass is 9.77. The van der Waals surface area contributed by atoms with E-state index in [0.717, 1.165) is 6.42 Å². The molecule has 1 aliphatic heterocycles. The Bertz CT molecular complexity index is 276. The first-order valence-corrected chi connectivity index (χ1v) is 5.34. The van der Waals surface area contributed by atoms with Gasteiger partial charge in [0, 0.05) is 0 Å². The van der Waals surface area contributed by atoms with Crippen molar-refractivity contribution in [3.8, 4) is 0 Å². The molecular weight excluding hydrogens is 176 g/mol. The summed E-state index contributed by atoms with van der Waals surface area (Å²) in [6, 6.07) is 0. The van der Waals surface area contributed by atoms with E-state index in [2.05, 4.69) is 26.8 Å². The summed E-state index contributed by atoms with van der Waals surface area (Å²) in [4.78, 5) is 0. The van der Waals surface area contributed by atoms with E-state index in [-0.39, 0.29) is 17.6 Å². The van der Waals surface area contributed by atoms with Crippen molar-refractivity contribution >= 4 is 0 Å². The molecule has 2 unspecified atom stereocenters. The lowest BCUT2D eigenvalue weighted by molar-refractivity contribution is -0.144. The second-order valence-corrected chi connectivity index (χ2v) is 5.68. The summed E-state index contributed by atoms with van der Waals surface area (Å²) in [5, 5.41) is 0. The maximum absolute atomic E-state index is 5.90. The number of fused-ring (bicyclic) bond motifs is 1. The Labute approximate surface area is 86.3 Å². The van der Waals surface area contributed by atoms with E-state index < -0.39 is 5.79 Å². The highest BCUT2D eigenvalue weighted by molar-refractivity contribution is 5.19. The molecule has 2 rings (SSSR count). The monoisotopic (exact) mass is 196 g/mol. The van der Waals surface area contributed by atoms with Crippen LogP contribution in [0.15, 0.2) is 11.6 Å². The fraction of sp³-hybridized carbons (Fsp3) is 0.833. The van der Waals surface area contributed by atoms with Crippen LogP contribution in [-0.2, 0) is 9.47 Å². The van der Waals surface area contributed by atoms with E-state index in [4.69, 9.17) is 9.47 Å². The van der Waals surface area contributed by atoms with Crippen LogP contribution in [0, 0.1) is 5.41 Å². The molecular formula is C12H20O2. The Hall–Kier alpha value is -0.340. The summed E-state index contributed by atoms with van der Waals surface area (Å²) in [5.74, 6) is -0.412. The highest BCUT2D eigenvalue weighted by Crippen LogP contribution is 2.43. The molecule has 0 N–H and O–H groups in total. The van der Waals surface area contributed by atoms with Crippen molar-refractivity contribution in [3.05, 3.63) is 11.6 Å². The third kappa shape index (κ3) is 1.73. The minimum atomic E-state index is -0.412. The predicted octanol–water partition coefficient (Wildman–Crippen LogP) is 2.88. The van der Waals surface area contributed by atoms with Gasteiger partial charge in [0.15, 0.2) is 5.79 Å². The molecule has 1 heterocycles. The average molecular weight is 196 g/mol. The van der Waals surface area contributed by atoms with Gasteiger partial charge in [0.25, 0.3) is 0 Å². The van der Waals surface area contributed by atoms with Gasteiger partial charge in [-0.2, -0.15) is 0 Å². The first-order valence-electron chi connectivity index (χ1n) is 5.34. The van der Waals surface area contributed by atoms with E-state index in [9.17, 15) is 0 Å². The molecule has 0 saturated carbocycles. The van der Waals surface area contributed by atoms with Crippen molar-refractivity contribution in [2.75, 3.05) is 0 Å². The molecule has 2 atom stereocenters. The van der Waals surface area contributed by atoms with Crippen molar-refractivity contribution < 1.29 is 9.47 Å². The Balaban J connectivity index is 2.25. The topological polar surface area (TPSA) is 18.5 Å². The molecule has 2 nitrogen and oxygen atoms in total. The highest BCUT2D eigenvalue weighted by Gasteiger charge is 2.46. The van der Waals surface area contributed by atoms with Gasteiger partial charge >= 0.3 is 0 Å². The number of hydrogen-bond donors (Lipinski definition) is 0. The van der Waals surface area contributed by atoms with Crippen LogP contribution in [0.4, 0.5) is 0 Å². The molecule has 0 spiro atoms. The van der Waals surface area contributed by atoms with Gasteiger partial charge in [-0.3, -0.25) is 0 Å². The molecule has 80 valence electrons. The molecule has 1 saturated heterocycles. The number of rotatable bonds is 0. The summed E-state index contributed by atoms with van der Waals surface area (Å²) in [6.07, 6.45) is 3.79. The SMILES string of the molecule is CC1=CC(C)(C)CC2OC(C)(C)OC12. The third-order valence-electron chi connectivity index (χ3n) is 2.98. The maximum atomic E-state index is 5.90. The lowest BCUT2D eigenvalue weighted by Gasteiger charge is -2.33. The van der Waals surface area contributed by atoms with E-state index in [1.807, 2.05) is 13.8 Å². The smallest absolute Gasteiger partial charge is 0.164 e. The van der Waals surface area contributed by atoms with E-state index in [0.29, 0.717) is 0 Å². The number of hydrogen-bond acceptors (Lipinski definition) is 2. The van der Waals surface area contributed by atoms with Crippen molar-refractivity contribution in [2.24, 2.45) is 5.41 Å². The average Bonchev–Trinajstić information content (AvgIpc) is 2.21. The Morgan fingerprint density at radius 1 is 1.21 bits per heavy atom. The van der Waals surface area contributed by atoms with Gasteiger partial charge in [-0.15, -0.1) is 0 Å². The van der Waals surface area contributed by atoms with E-state index >= 15 is 0 Å². The Morgan fingerprint density at radius 3 is 2.50 bits per heavy atom. The van der Waals surface area contributed by atoms with Crippen LogP contribution in [0.25, 0.3) is 0 Å². The third-order valence-corrected chi connectivity index (χ3v) is 2.98. The quantitative estimate of drug-likeness (QED) is 0.555. The largest absolute Gasteiger partial charge is 0.344 e. The molecule has 0 aromatic rings. The molecule has 0 radical (unpaired) electrons. The lowest BCUT2D eigenvalue weighted by Crippen LogP contribution is -2.34. The van der Waals surface area contributed by atoms with Gasteiger partial charge in [0.05, 0.1) is 6.10 Å². The maximum Gasteiger partial charge on any atom is 0.164 e. The summed E-state index contributed by atoms with van der Waals surface area (Å²) in [6.45, 7) is 10.6. The van der Waals surface area contributed by atoms with Crippen molar-refractivity contribution in [1.82, 2.24) is 0 Å². The van der Waals surface area contributed by atoms with Crippen LogP contribution < -0.4 is 0 Å². The summed E-state index contributed by atoms with van der Waals surface area (Å²) < 4.78 is 11.8. The minimum Gasteiger partial charge on any atom is -0.344 e. The van der Waals surface area contributed by atoms with Gasteiger partial charge in [-0.1, -0.05) is 19.9 Å². The molecule has 1 fully saturated rings. The van der Waals surface area contributed by atoms with Gasteiger partial charge < -0.3 is 9.47 Å². The van der Waals surface area contributed by atoms with Crippen LogP contribution in [0.3, 0.4) is 0 Å². The molecule has 0 aromatic carbocycles. The van der Waals surface area contributed by atoms with Gasteiger partial charge in [-0.25, -0.2) is 0 Å². The molecule has 2 aliphatic rings. The Morgan fingerprint density at radius 2 is 1.86 bits per heavy atom. The van der Waals surface area contributed by atoms with Gasteiger partial charge in [0.2, 0.25) is 0 Å². The second-order valence-electron chi connectivity index (χ2n) is 5.68. The molecule has 0 aromatic heterocycles. The van der Waals surface area contributed by atoms with Crippen LogP contribution in [0.1, 0.15) is 41.0 Å². The number of allylic oxidation sites excluding steroid dienone is 1. The fourth-order valence-electron chi connectivity index (χ4n) is 2.65. The summed E-state index contributed by atoms with van der Waals surface area (Å²) >= 11 is 0. The van der Waals surface area contributed by atoms with Crippen molar-refractivity contribution in [1.29, 1.82) is 0 Å². The zero-order valence-corrected chi connectivity index (χ0v) is 9.76. The van der Waals surface area contributed by atoms with Crippen molar-refractivity contribution in [3.63, 3.8) is 0 Å². The fourth-order valence-corrected chi connectivity index (χ4v) is 2.65. The standard InChI is InChI=1S/C12H20O2/c1-8-6-11(2,3)7-9-10(8)14-12(4,5)13-9/h6,9-10H,7H2,1-5H3. The molecule has 1 aliphatic carbocycles. The van der Waals surface area contributed by atoms with E-state index in [1.165, 1.54) is 5.57 Å². The summed E-state index contributed by atoms with van der Waals surface area (Å²) in [5.41, 5.74) is 1.56. The van der Waals surface area contributed by atoms with Crippen LogP contribution >= 0.6 is 0 Å². The minimum absolute atomic E-state index is 0.179. The van der Waals surface area contributed by atoms with Crippen LogP contribution in [-0.4, -0.2) is 18.0 Å². The van der Waals surface area contributed by atoms with E-state index in [1.54, 1.807) is 0 Å². The zero-order chi connectivity index (χ0) is 10.6. The normalized spacial score (nSPS) is 39.1. The first kappa shape index (κ1) is 10.2. The van der Waals surface area contributed by atoms with Gasteiger partial charge in [0.1, 0.15) is 6.10 Å². The molecule has 14 heavy (non-hydrogen) atoms. The summed E-state index contributed by atoms with van der Waals surface area (Å²) in [7, 11) is 0.